The van der Waals surface area contributed by atoms with E-state index in [1.165, 1.54) is 32.1 Å². The number of fused-ring (bicyclic) bond motifs is 7. The molecule has 158 valence electrons. The minimum absolute atomic E-state index is 0.273. The Labute approximate surface area is 172 Å². The molecule has 5 saturated carbocycles. The van der Waals surface area contributed by atoms with Gasteiger partial charge in [0.05, 0.1) is 5.60 Å². The molecular formula is C26H42O2. The topological polar surface area (TPSA) is 37.3 Å². The molecule has 0 aliphatic heterocycles. The van der Waals surface area contributed by atoms with Crippen LogP contribution in [0.3, 0.4) is 0 Å². The quantitative estimate of drug-likeness (QED) is 0.659. The monoisotopic (exact) mass is 386 g/mol. The molecule has 0 aromatic carbocycles. The van der Waals surface area contributed by atoms with Gasteiger partial charge in [-0.25, -0.2) is 0 Å². The molecular weight excluding hydrogens is 344 g/mol. The minimum Gasteiger partial charge on any atom is -0.390 e. The highest BCUT2D eigenvalue weighted by atomic mass is 16.3. The van der Waals surface area contributed by atoms with Gasteiger partial charge in [-0.1, -0.05) is 34.1 Å². The first-order chi connectivity index (χ1) is 13.2. The van der Waals surface area contributed by atoms with Crippen molar-refractivity contribution in [3.63, 3.8) is 0 Å². The summed E-state index contributed by atoms with van der Waals surface area (Å²) >= 11 is 0. The second-order valence-corrected chi connectivity index (χ2v) is 12.4. The SMILES string of the molecule is CCC[C@@]1(O)CC[C@@]2(C)[C@@H](CC[C@H]3[C@@H]4[C@@H]5[C@H](C)[C@@H]5[C@H](C(C)=O)[C@@]4(C)CC[C@@H]32)C1. The molecule has 0 saturated heterocycles. The summed E-state index contributed by atoms with van der Waals surface area (Å²) < 4.78 is 0. The molecule has 0 amide bonds. The van der Waals surface area contributed by atoms with E-state index in [0.717, 1.165) is 55.3 Å². The van der Waals surface area contributed by atoms with Gasteiger partial charge >= 0.3 is 0 Å². The lowest BCUT2D eigenvalue weighted by molar-refractivity contribution is -0.161. The van der Waals surface area contributed by atoms with Crippen LogP contribution in [0.2, 0.25) is 0 Å². The van der Waals surface area contributed by atoms with Crippen molar-refractivity contribution in [3.05, 3.63) is 0 Å². The summed E-state index contributed by atoms with van der Waals surface area (Å²) in [6, 6.07) is 0. The van der Waals surface area contributed by atoms with Gasteiger partial charge in [-0.3, -0.25) is 4.79 Å². The summed E-state index contributed by atoms with van der Waals surface area (Å²) in [4.78, 5) is 12.6. The Hall–Kier alpha value is -0.370. The van der Waals surface area contributed by atoms with Crippen LogP contribution in [0.4, 0.5) is 0 Å². The maximum absolute atomic E-state index is 12.6. The molecule has 5 aliphatic carbocycles. The summed E-state index contributed by atoms with van der Waals surface area (Å²) in [7, 11) is 0. The Morgan fingerprint density at radius 3 is 2.46 bits per heavy atom. The molecule has 11 atom stereocenters. The Morgan fingerprint density at radius 1 is 1.04 bits per heavy atom. The largest absolute Gasteiger partial charge is 0.390 e. The van der Waals surface area contributed by atoms with Crippen LogP contribution in [0.5, 0.6) is 0 Å². The summed E-state index contributed by atoms with van der Waals surface area (Å²) in [5.74, 6) is 6.27. The number of hydrogen-bond acceptors (Lipinski definition) is 2. The predicted molar refractivity (Wildman–Crippen MR) is 113 cm³/mol. The third-order valence-electron chi connectivity index (χ3n) is 11.3. The zero-order valence-corrected chi connectivity index (χ0v) is 18.8. The smallest absolute Gasteiger partial charge is 0.133 e. The zero-order valence-electron chi connectivity index (χ0n) is 18.8. The van der Waals surface area contributed by atoms with Gasteiger partial charge in [-0.05, 0) is 111 Å². The molecule has 0 spiro atoms. The number of aliphatic hydroxyl groups is 1. The lowest BCUT2D eigenvalue weighted by Gasteiger charge is -2.62. The van der Waals surface area contributed by atoms with E-state index in [2.05, 4.69) is 27.7 Å². The first-order valence-corrected chi connectivity index (χ1v) is 12.4. The Balaban J connectivity index is 1.43. The van der Waals surface area contributed by atoms with E-state index in [9.17, 15) is 9.90 Å². The number of hydrogen-bond donors (Lipinski definition) is 1. The van der Waals surface area contributed by atoms with E-state index < -0.39 is 5.60 Å². The van der Waals surface area contributed by atoms with Crippen molar-refractivity contribution < 1.29 is 9.90 Å². The summed E-state index contributed by atoms with van der Waals surface area (Å²) in [6.07, 6.45) is 10.6. The third-order valence-corrected chi connectivity index (χ3v) is 11.3. The number of carbonyl (C=O) groups excluding carboxylic acids is 1. The molecule has 0 bridgehead atoms. The third kappa shape index (κ3) is 2.39. The average molecular weight is 387 g/mol. The lowest BCUT2D eigenvalue weighted by atomic mass is 9.43. The van der Waals surface area contributed by atoms with Gasteiger partial charge in [0.2, 0.25) is 0 Å². The predicted octanol–water partition coefficient (Wildman–Crippen LogP) is 5.87. The van der Waals surface area contributed by atoms with Crippen molar-refractivity contribution in [2.24, 2.45) is 58.2 Å². The molecule has 0 radical (unpaired) electrons. The van der Waals surface area contributed by atoms with Gasteiger partial charge in [0.25, 0.3) is 0 Å². The maximum Gasteiger partial charge on any atom is 0.133 e. The van der Waals surface area contributed by atoms with E-state index in [4.69, 9.17) is 0 Å². The van der Waals surface area contributed by atoms with E-state index in [-0.39, 0.29) is 5.41 Å². The molecule has 1 N–H and O–H groups in total. The van der Waals surface area contributed by atoms with Gasteiger partial charge in [0.15, 0.2) is 0 Å². The number of ketones is 1. The van der Waals surface area contributed by atoms with Crippen molar-refractivity contribution in [1.82, 2.24) is 0 Å². The van der Waals surface area contributed by atoms with Gasteiger partial charge in [0.1, 0.15) is 5.78 Å². The van der Waals surface area contributed by atoms with Crippen molar-refractivity contribution in [3.8, 4) is 0 Å². The molecule has 0 heterocycles. The highest BCUT2D eigenvalue weighted by Gasteiger charge is 2.74. The zero-order chi connectivity index (χ0) is 20.1. The van der Waals surface area contributed by atoms with Gasteiger partial charge < -0.3 is 5.11 Å². The number of Topliss-reactive ketones (excluding diaryl/α,β-unsaturated/α-hetero) is 1. The minimum atomic E-state index is -0.391. The van der Waals surface area contributed by atoms with E-state index in [1.807, 2.05) is 6.92 Å². The van der Waals surface area contributed by atoms with Crippen LogP contribution in [-0.4, -0.2) is 16.5 Å². The fraction of sp³-hybridized carbons (Fsp3) is 0.962. The second-order valence-electron chi connectivity index (χ2n) is 12.4. The summed E-state index contributed by atoms with van der Waals surface area (Å²) in [5, 5.41) is 11.2. The van der Waals surface area contributed by atoms with Crippen LogP contribution in [0.15, 0.2) is 0 Å². The Morgan fingerprint density at radius 2 is 1.79 bits per heavy atom. The summed E-state index contributed by atoms with van der Waals surface area (Å²) in [6.45, 7) is 11.6. The van der Waals surface area contributed by atoms with Gasteiger partial charge in [-0.2, -0.15) is 0 Å². The van der Waals surface area contributed by atoms with Crippen LogP contribution in [0, 0.1) is 58.2 Å². The van der Waals surface area contributed by atoms with Crippen molar-refractivity contribution in [2.45, 2.75) is 98.0 Å². The molecule has 0 aromatic rings. The Bertz CT molecular complexity index is 671. The van der Waals surface area contributed by atoms with Crippen LogP contribution in [0.1, 0.15) is 92.4 Å². The molecule has 2 nitrogen and oxygen atoms in total. The number of rotatable bonds is 3. The first-order valence-electron chi connectivity index (χ1n) is 12.4. The van der Waals surface area contributed by atoms with E-state index >= 15 is 0 Å². The van der Waals surface area contributed by atoms with Crippen LogP contribution >= 0.6 is 0 Å². The van der Waals surface area contributed by atoms with Crippen LogP contribution in [0.25, 0.3) is 0 Å². The van der Waals surface area contributed by atoms with Crippen molar-refractivity contribution in [1.29, 1.82) is 0 Å². The second kappa shape index (κ2) is 6.08. The first kappa shape index (κ1) is 19.6. The molecule has 5 rings (SSSR count). The van der Waals surface area contributed by atoms with E-state index in [1.54, 1.807) is 0 Å². The van der Waals surface area contributed by atoms with Gasteiger partial charge in [0, 0.05) is 5.92 Å². The standard InChI is InChI=1S/C26H42O2/c1-6-10-26(28)13-12-24(4)17(14-26)7-8-18-19(24)9-11-25(5)22(16(3)27)20-15(2)21(20)23(18)25/h15,17-23,28H,6-14H2,1-5H3/t15-,17+,18-,19+,20+,21-,22+,23-,24+,25-,26-/m1/s1. The highest BCUT2D eigenvalue weighted by Crippen LogP contribution is 2.78. The maximum atomic E-state index is 12.6. The highest BCUT2D eigenvalue weighted by molar-refractivity contribution is 5.81. The molecule has 2 heteroatoms. The molecule has 5 fully saturated rings. The Kier molecular flexibility index (Phi) is 4.25. The number of carbonyl (C=O) groups is 1. The van der Waals surface area contributed by atoms with Crippen LogP contribution in [-0.2, 0) is 4.79 Å². The molecule has 0 unspecified atom stereocenters. The fourth-order valence-electron chi connectivity index (χ4n) is 10.2. The fourth-order valence-corrected chi connectivity index (χ4v) is 10.2. The molecule has 0 aromatic heterocycles. The average Bonchev–Trinajstić information content (AvgIpc) is 3.13. The molecule has 5 aliphatic rings. The molecule has 28 heavy (non-hydrogen) atoms. The lowest BCUT2D eigenvalue weighted by Crippen LogP contribution is -2.57. The van der Waals surface area contributed by atoms with Crippen molar-refractivity contribution in [2.75, 3.05) is 0 Å². The summed E-state index contributed by atoms with van der Waals surface area (Å²) in [5.41, 5.74) is 0.305. The van der Waals surface area contributed by atoms with Crippen molar-refractivity contribution >= 4 is 5.78 Å². The van der Waals surface area contributed by atoms with Gasteiger partial charge in [-0.15, -0.1) is 0 Å². The normalized spacial score (nSPS) is 59.6. The van der Waals surface area contributed by atoms with Crippen LogP contribution < -0.4 is 0 Å². The van der Waals surface area contributed by atoms with E-state index in [0.29, 0.717) is 29.0 Å².